The van der Waals surface area contributed by atoms with Gasteiger partial charge in [0.15, 0.2) is 0 Å². The van der Waals surface area contributed by atoms with Gasteiger partial charge in [-0.3, -0.25) is 0 Å². The molecule has 0 atom stereocenters. The molecule has 0 N–H and O–H groups in total. The fourth-order valence-electron chi connectivity index (χ4n) is 2.42. The minimum atomic E-state index is -2.96. The predicted octanol–water partition coefficient (Wildman–Crippen LogP) is 4.04. The lowest BCUT2D eigenvalue weighted by Crippen LogP contribution is -2.63. The van der Waals surface area contributed by atoms with Gasteiger partial charge in [-0.25, -0.2) is 0 Å². The van der Waals surface area contributed by atoms with Crippen molar-refractivity contribution < 1.29 is 26.6 Å². The Balaban J connectivity index is 0. The molecule has 0 rings (SSSR count). The summed E-state index contributed by atoms with van der Waals surface area (Å²) in [4.78, 5) is 0. The minimum Gasteiger partial charge on any atom is -0.374 e. The van der Waals surface area contributed by atoms with Crippen LogP contribution in [0, 0.1) is 0 Å². The van der Waals surface area contributed by atoms with E-state index in [-0.39, 0.29) is 5.16 Å². The molecule has 0 aliphatic carbocycles. The average Bonchev–Trinajstić information content (AvgIpc) is 2.57. The number of hydrogen-bond acceptors (Lipinski definition) is 6. The van der Waals surface area contributed by atoms with Gasteiger partial charge in [0, 0.05) is 39.6 Å². The highest BCUT2D eigenvalue weighted by Crippen LogP contribution is 2.36. The van der Waals surface area contributed by atoms with E-state index in [1.165, 1.54) is 0 Å². The Morgan fingerprint density at radius 3 is 0.792 bits per heavy atom. The van der Waals surface area contributed by atoms with E-state index in [2.05, 4.69) is 0 Å². The molecule has 0 fully saturated rings. The Hall–Kier alpha value is 0.194. The third-order valence-corrected chi connectivity index (χ3v) is 11.5. The van der Waals surface area contributed by atoms with Gasteiger partial charge in [-0.05, 0) is 41.5 Å². The van der Waals surface area contributed by atoms with Gasteiger partial charge >= 0.3 is 17.6 Å². The van der Waals surface area contributed by atoms with Crippen molar-refractivity contribution in [1.29, 1.82) is 0 Å². The molecule has 0 aliphatic rings. The zero-order chi connectivity index (χ0) is 19.1. The first-order valence-electron chi connectivity index (χ1n) is 9.35. The van der Waals surface area contributed by atoms with E-state index >= 15 is 0 Å². The summed E-state index contributed by atoms with van der Waals surface area (Å²) in [6, 6.07) is 0. The molecule has 0 aromatic carbocycles. The van der Waals surface area contributed by atoms with Crippen LogP contribution >= 0.6 is 0 Å². The van der Waals surface area contributed by atoms with Gasteiger partial charge in [0.05, 0.1) is 5.16 Å². The van der Waals surface area contributed by atoms with Crippen LogP contribution in [0.5, 0.6) is 0 Å². The molecule has 0 spiro atoms. The molecule has 6 nitrogen and oxygen atoms in total. The van der Waals surface area contributed by atoms with E-state index in [1.807, 2.05) is 62.3 Å². The van der Waals surface area contributed by atoms with E-state index in [4.69, 9.17) is 26.6 Å². The first-order chi connectivity index (χ1) is 11.5. The maximum atomic E-state index is 6.01. The zero-order valence-corrected chi connectivity index (χ0v) is 19.3. The van der Waals surface area contributed by atoms with E-state index in [1.54, 1.807) is 0 Å². The Bertz CT molecular complexity index is 221. The topological polar surface area (TPSA) is 55.4 Å². The predicted molar refractivity (Wildman–Crippen MR) is 102 cm³/mol. The quantitative estimate of drug-likeness (QED) is 0.421. The first-order valence-corrected chi connectivity index (χ1v) is 13.0. The summed E-state index contributed by atoms with van der Waals surface area (Å²) in [5.41, 5.74) is 0. The van der Waals surface area contributed by atoms with Crippen molar-refractivity contribution in [3.05, 3.63) is 0 Å². The lowest BCUT2D eigenvalue weighted by molar-refractivity contribution is 0.0349. The van der Waals surface area contributed by atoms with Crippen LogP contribution in [0.15, 0.2) is 0 Å². The van der Waals surface area contributed by atoms with Gasteiger partial charge in [0.25, 0.3) is 0 Å². The first kappa shape index (κ1) is 26.4. The van der Waals surface area contributed by atoms with Gasteiger partial charge in [0.1, 0.15) is 0 Å². The average molecular weight is 385 g/mol. The molecule has 0 bridgehead atoms. The maximum Gasteiger partial charge on any atom is 0.508 e. The summed E-state index contributed by atoms with van der Waals surface area (Å²) in [6.45, 7) is 20.8. The van der Waals surface area contributed by atoms with Crippen molar-refractivity contribution in [3.8, 4) is 0 Å². The Labute approximate surface area is 151 Å². The summed E-state index contributed by atoms with van der Waals surface area (Å²) in [6.07, 6.45) is 0. The van der Waals surface area contributed by atoms with Crippen LogP contribution in [0.25, 0.3) is 0 Å². The van der Waals surface area contributed by atoms with Crippen LogP contribution in [0.3, 0.4) is 0 Å². The fourth-order valence-corrected chi connectivity index (χ4v) is 10.1. The van der Waals surface area contributed by atoms with Crippen LogP contribution in [0.1, 0.15) is 62.3 Å². The second kappa shape index (κ2) is 15.4. The second-order valence-corrected chi connectivity index (χ2v) is 11.0. The molecule has 148 valence electrons. The van der Waals surface area contributed by atoms with E-state index in [0.717, 1.165) is 0 Å². The minimum absolute atomic E-state index is 0.181. The summed E-state index contributed by atoms with van der Waals surface area (Å²) in [5, 5.41) is -0.181. The molecular weight excluding hydrogens is 344 g/mol. The fraction of sp³-hybridized carbons (Fsp3) is 1.00. The van der Waals surface area contributed by atoms with E-state index < -0.39 is 17.6 Å². The number of hydrogen-bond donors (Lipinski definition) is 0. The van der Waals surface area contributed by atoms with Crippen LogP contribution in [0.2, 0.25) is 5.16 Å². The smallest absolute Gasteiger partial charge is 0.374 e. The standard InChI is InChI=1S/C14H34O6Si2.C2H6/c1-8-15-21(16-9-2,17-10-3)14(7)22(18-11-4,19-12-5)20-13-6;1-2/h14H,8-13H2,1-7H3;1-2H3. The van der Waals surface area contributed by atoms with Gasteiger partial charge < -0.3 is 26.6 Å². The molecule has 0 unspecified atom stereocenters. The van der Waals surface area contributed by atoms with E-state index in [0.29, 0.717) is 39.6 Å². The normalized spacial score (nSPS) is 12.2. The Morgan fingerprint density at radius 2 is 0.667 bits per heavy atom. The second-order valence-electron chi connectivity index (χ2n) is 4.53. The van der Waals surface area contributed by atoms with Crippen molar-refractivity contribution in [2.75, 3.05) is 39.6 Å². The van der Waals surface area contributed by atoms with Crippen molar-refractivity contribution in [2.45, 2.75) is 67.5 Å². The maximum absolute atomic E-state index is 6.01. The van der Waals surface area contributed by atoms with Crippen molar-refractivity contribution >= 4 is 17.6 Å². The van der Waals surface area contributed by atoms with Crippen LogP contribution in [0.4, 0.5) is 0 Å². The third kappa shape index (κ3) is 7.61. The summed E-state index contributed by atoms with van der Waals surface area (Å²) < 4.78 is 36.0. The molecule has 0 aliphatic heterocycles. The molecule has 24 heavy (non-hydrogen) atoms. The number of rotatable bonds is 14. The molecular formula is C16H40O6Si2. The van der Waals surface area contributed by atoms with Crippen molar-refractivity contribution in [2.24, 2.45) is 0 Å². The molecule has 0 heterocycles. The van der Waals surface area contributed by atoms with E-state index in [9.17, 15) is 0 Å². The largest absolute Gasteiger partial charge is 0.508 e. The summed E-state index contributed by atoms with van der Waals surface area (Å²) >= 11 is 0. The SMILES string of the molecule is CC.CCO[Si](OCC)(OCC)C(C)[Si](OCC)(OCC)OCC. The molecule has 0 amide bonds. The van der Waals surface area contributed by atoms with Gasteiger partial charge in [-0.1, -0.05) is 20.8 Å². The summed E-state index contributed by atoms with van der Waals surface area (Å²) in [5.74, 6) is 0. The lowest BCUT2D eigenvalue weighted by atomic mass is 10.9. The van der Waals surface area contributed by atoms with Crippen molar-refractivity contribution in [3.63, 3.8) is 0 Å². The highest BCUT2D eigenvalue weighted by atomic mass is 28.5. The molecule has 0 radical (unpaired) electrons. The van der Waals surface area contributed by atoms with Crippen LogP contribution in [-0.2, 0) is 26.6 Å². The molecule has 8 heteroatoms. The van der Waals surface area contributed by atoms with Gasteiger partial charge in [-0.2, -0.15) is 0 Å². The monoisotopic (exact) mass is 384 g/mol. The molecule has 0 aromatic heterocycles. The van der Waals surface area contributed by atoms with Gasteiger partial charge in [-0.15, -0.1) is 0 Å². The van der Waals surface area contributed by atoms with Crippen molar-refractivity contribution in [1.82, 2.24) is 0 Å². The summed E-state index contributed by atoms with van der Waals surface area (Å²) in [7, 11) is -5.92. The molecule has 0 aromatic rings. The Kier molecular flexibility index (Phi) is 17.0. The molecule has 0 saturated carbocycles. The lowest BCUT2D eigenvalue weighted by Gasteiger charge is -2.40. The zero-order valence-electron chi connectivity index (χ0n) is 17.3. The van der Waals surface area contributed by atoms with Gasteiger partial charge in [0.2, 0.25) is 0 Å². The molecule has 0 saturated heterocycles. The van der Waals surface area contributed by atoms with Crippen LogP contribution < -0.4 is 0 Å². The third-order valence-electron chi connectivity index (χ3n) is 3.13. The highest BCUT2D eigenvalue weighted by molar-refractivity contribution is 6.82. The van der Waals surface area contributed by atoms with Crippen LogP contribution in [-0.4, -0.2) is 57.3 Å². The Morgan fingerprint density at radius 1 is 0.500 bits per heavy atom. The highest BCUT2D eigenvalue weighted by Gasteiger charge is 2.63.